The van der Waals surface area contributed by atoms with E-state index < -0.39 is 11.9 Å². The number of rotatable bonds is 4. The highest BCUT2D eigenvalue weighted by Crippen LogP contribution is 2.08. The second kappa shape index (κ2) is 5.55. The van der Waals surface area contributed by atoms with Gasteiger partial charge in [0.2, 0.25) is 5.91 Å². The third kappa shape index (κ3) is 3.45. The van der Waals surface area contributed by atoms with Gasteiger partial charge >= 0.3 is 5.97 Å². The van der Waals surface area contributed by atoms with Gasteiger partial charge in [0.15, 0.2) is 0 Å². The van der Waals surface area contributed by atoms with Crippen LogP contribution in [0.4, 0.5) is 5.69 Å². The standard InChI is InChI=1S/C11H12N2O3/c1-16-10(14)6-7-13-9-4-2-8(3-5-9)11(12)15/h2-7,13H,1H3,(H2,12,15)/b7-6+. The van der Waals surface area contributed by atoms with Gasteiger partial charge in [0, 0.05) is 23.5 Å². The molecule has 0 fully saturated rings. The van der Waals surface area contributed by atoms with Crippen LogP contribution in [0.5, 0.6) is 0 Å². The maximum atomic E-state index is 10.8. The Morgan fingerprint density at radius 2 is 1.94 bits per heavy atom. The van der Waals surface area contributed by atoms with Gasteiger partial charge in [-0.1, -0.05) is 0 Å². The Hall–Kier alpha value is -2.30. The molecule has 0 saturated carbocycles. The van der Waals surface area contributed by atoms with Gasteiger partial charge in [-0.25, -0.2) is 4.79 Å². The van der Waals surface area contributed by atoms with Gasteiger partial charge in [-0.15, -0.1) is 0 Å². The van der Waals surface area contributed by atoms with E-state index in [1.54, 1.807) is 24.3 Å². The Morgan fingerprint density at radius 1 is 1.31 bits per heavy atom. The van der Waals surface area contributed by atoms with Crippen LogP contribution in [0.3, 0.4) is 0 Å². The molecule has 0 aliphatic rings. The highest BCUT2D eigenvalue weighted by Gasteiger charge is 1.98. The Kier molecular flexibility index (Phi) is 4.08. The second-order valence-corrected chi connectivity index (χ2v) is 2.94. The second-order valence-electron chi connectivity index (χ2n) is 2.94. The zero-order valence-electron chi connectivity index (χ0n) is 8.77. The molecule has 5 heteroatoms. The summed E-state index contributed by atoms with van der Waals surface area (Å²) in [5, 5.41) is 2.84. The number of carbonyl (C=O) groups is 2. The lowest BCUT2D eigenvalue weighted by Gasteiger charge is -2.01. The molecule has 1 amide bonds. The first kappa shape index (κ1) is 11.8. The zero-order valence-corrected chi connectivity index (χ0v) is 8.77. The lowest BCUT2D eigenvalue weighted by Crippen LogP contribution is -2.10. The molecule has 0 aliphatic heterocycles. The van der Waals surface area contributed by atoms with Crippen LogP contribution >= 0.6 is 0 Å². The molecule has 0 aromatic heterocycles. The van der Waals surface area contributed by atoms with Gasteiger partial charge in [-0.05, 0) is 24.3 Å². The fourth-order valence-electron chi connectivity index (χ4n) is 1.00. The third-order valence-corrected chi connectivity index (χ3v) is 1.84. The van der Waals surface area contributed by atoms with Crippen molar-refractivity contribution in [2.75, 3.05) is 12.4 Å². The topological polar surface area (TPSA) is 81.4 Å². The highest BCUT2D eigenvalue weighted by molar-refractivity contribution is 5.93. The fourth-order valence-corrected chi connectivity index (χ4v) is 1.00. The van der Waals surface area contributed by atoms with Crippen molar-refractivity contribution in [3.8, 4) is 0 Å². The molecule has 0 radical (unpaired) electrons. The number of amides is 1. The van der Waals surface area contributed by atoms with E-state index in [-0.39, 0.29) is 0 Å². The molecule has 1 rings (SSSR count). The summed E-state index contributed by atoms with van der Waals surface area (Å²) in [4.78, 5) is 21.5. The zero-order chi connectivity index (χ0) is 12.0. The number of carbonyl (C=O) groups excluding carboxylic acids is 2. The van der Waals surface area contributed by atoms with E-state index in [4.69, 9.17) is 5.73 Å². The largest absolute Gasteiger partial charge is 0.466 e. The Balaban J connectivity index is 2.59. The maximum Gasteiger partial charge on any atom is 0.331 e. The number of anilines is 1. The number of methoxy groups -OCH3 is 1. The first-order chi connectivity index (χ1) is 7.63. The van der Waals surface area contributed by atoms with E-state index in [2.05, 4.69) is 10.1 Å². The average Bonchev–Trinajstić information content (AvgIpc) is 2.29. The monoisotopic (exact) mass is 220 g/mol. The molecule has 0 aliphatic carbocycles. The first-order valence-corrected chi connectivity index (χ1v) is 4.54. The van der Waals surface area contributed by atoms with Crippen molar-refractivity contribution >= 4 is 17.6 Å². The summed E-state index contributed by atoms with van der Waals surface area (Å²) >= 11 is 0. The van der Waals surface area contributed by atoms with Crippen LogP contribution in [0.15, 0.2) is 36.5 Å². The smallest absolute Gasteiger partial charge is 0.331 e. The summed E-state index contributed by atoms with van der Waals surface area (Å²) in [6, 6.07) is 6.55. The minimum absolute atomic E-state index is 0.433. The number of hydrogen-bond acceptors (Lipinski definition) is 4. The minimum Gasteiger partial charge on any atom is -0.466 e. The predicted octanol–water partition coefficient (Wildman–Crippen LogP) is 0.884. The Labute approximate surface area is 92.9 Å². The van der Waals surface area contributed by atoms with Crippen molar-refractivity contribution in [2.45, 2.75) is 0 Å². The van der Waals surface area contributed by atoms with Gasteiger partial charge in [-0.3, -0.25) is 4.79 Å². The van der Waals surface area contributed by atoms with Crippen molar-refractivity contribution in [3.05, 3.63) is 42.1 Å². The number of primary amides is 1. The van der Waals surface area contributed by atoms with Gasteiger partial charge < -0.3 is 15.8 Å². The van der Waals surface area contributed by atoms with Crippen LogP contribution in [0.25, 0.3) is 0 Å². The van der Waals surface area contributed by atoms with Gasteiger partial charge in [-0.2, -0.15) is 0 Å². The van der Waals surface area contributed by atoms with Crippen LogP contribution in [0.2, 0.25) is 0 Å². The molecule has 0 atom stereocenters. The lowest BCUT2D eigenvalue weighted by molar-refractivity contribution is -0.134. The van der Waals surface area contributed by atoms with Crippen molar-refractivity contribution < 1.29 is 14.3 Å². The van der Waals surface area contributed by atoms with Crippen LogP contribution < -0.4 is 11.1 Å². The van der Waals surface area contributed by atoms with E-state index in [0.29, 0.717) is 5.56 Å². The molecule has 1 aromatic carbocycles. The van der Waals surface area contributed by atoms with E-state index in [1.165, 1.54) is 19.4 Å². The number of ether oxygens (including phenoxy) is 1. The quantitative estimate of drug-likeness (QED) is 0.583. The van der Waals surface area contributed by atoms with E-state index in [0.717, 1.165) is 5.69 Å². The lowest BCUT2D eigenvalue weighted by atomic mass is 10.2. The summed E-state index contributed by atoms with van der Waals surface area (Å²) in [5.41, 5.74) is 6.26. The molecule has 0 spiro atoms. The van der Waals surface area contributed by atoms with Gasteiger partial charge in [0.1, 0.15) is 0 Å². The molecule has 16 heavy (non-hydrogen) atoms. The maximum absolute atomic E-state index is 10.8. The van der Waals surface area contributed by atoms with Crippen LogP contribution in [-0.2, 0) is 9.53 Å². The van der Waals surface area contributed by atoms with Gasteiger partial charge in [0.25, 0.3) is 0 Å². The molecule has 0 saturated heterocycles. The summed E-state index contributed by atoms with van der Waals surface area (Å²) in [5.74, 6) is -0.919. The predicted molar refractivity (Wildman–Crippen MR) is 59.7 cm³/mol. The van der Waals surface area contributed by atoms with Crippen molar-refractivity contribution in [2.24, 2.45) is 5.73 Å². The third-order valence-electron chi connectivity index (χ3n) is 1.84. The minimum atomic E-state index is -0.475. The molecule has 5 nitrogen and oxygen atoms in total. The first-order valence-electron chi connectivity index (χ1n) is 4.54. The normalized spacial score (nSPS) is 10.1. The number of esters is 1. The van der Waals surface area contributed by atoms with Crippen molar-refractivity contribution in [1.82, 2.24) is 0 Å². The molecular formula is C11H12N2O3. The summed E-state index contributed by atoms with van der Waals surface area (Å²) in [6.45, 7) is 0. The highest BCUT2D eigenvalue weighted by atomic mass is 16.5. The van der Waals surface area contributed by atoms with Gasteiger partial charge in [0.05, 0.1) is 7.11 Å². The Bertz CT molecular complexity index is 410. The number of nitrogens with one attached hydrogen (secondary N) is 1. The summed E-state index contributed by atoms with van der Waals surface area (Å²) < 4.78 is 4.41. The molecule has 1 aromatic rings. The molecular weight excluding hydrogens is 208 g/mol. The number of hydrogen-bond donors (Lipinski definition) is 2. The molecule has 0 heterocycles. The number of nitrogens with two attached hydrogens (primary N) is 1. The molecule has 84 valence electrons. The average molecular weight is 220 g/mol. The van der Waals surface area contributed by atoms with E-state index in [1.807, 2.05) is 0 Å². The van der Waals surface area contributed by atoms with Crippen molar-refractivity contribution in [1.29, 1.82) is 0 Å². The van der Waals surface area contributed by atoms with E-state index >= 15 is 0 Å². The molecule has 0 bridgehead atoms. The van der Waals surface area contributed by atoms with Crippen molar-refractivity contribution in [3.63, 3.8) is 0 Å². The SMILES string of the molecule is COC(=O)/C=C/Nc1ccc(C(N)=O)cc1. The summed E-state index contributed by atoms with van der Waals surface area (Å²) in [6.07, 6.45) is 2.70. The molecule has 3 N–H and O–H groups in total. The van der Waals surface area contributed by atoms with E-state index in [9.17, 15) is 9.59 Å². The Morgan fingerprint density at radius 3 is 2.44 bits per heavy atom. The van der Waals surface area contributed by atoms with Crippen LogP contribution in [-0.4, -0.2) is 19.0 Å². The number of benzene rings is 1. The van der Waals surface area contributed by atoms with Crippen LogP contribution in [0.1, 0.15) is 10.4 Å². The van der Waals surface area contributed by atoms with Crippen LogP contribution in [0, 0.1) is 0 Å². The fraction of sp³-hybridized carbons (Fsp3) is 0.0909. The summed E-state index contributed by atoms with van der Waals surface area (Å²) in [7, 11) is 1.30. The molecule has 0 unspecified atom stereocenters.